The van der Waals surface area contributed by atoms with E-state index in [4.69, 9.17) is 9.47 Å². The van der Waals surface area contributed by atoms with Gasteiger partial charge in [-0.05, 0) is 19.1 Å². The van der Waals surface area contributed by atoms with Crippen LogP contribution in [0.2, 0.25) is 0 Å². The highest BCUT2D eigenvalue weighted by Crippen LogP contribution is 2.28. The van der Waals surface area contributed by atoms with E-state index in [1.165, 1.54) is 0 Å². The molecule has 1 aromatic rings. The third kappa shape index (κ3) is 2.46. The third-order valence-corrected chi connectivity index (χ3v) is 2.68. The summed E-state index contributed by atoms with van der Waals surface area (Å²) in [5.41, 5.74) is 0.549. The van der Waals surface area contributed by atoms with E-state index in [2.05, 4.69) is 0 Å². The summed E-state index contributed by atoms with van der Waals surface area (Å²) in [6.07, 6.45) is 0.0843. The van der Waals surface area contributed by atoms with Crippen LogP contribution in [0.5, 0.6) is 5.75 Å². The lowest BCUT2D eigenvalue weighted by Crippen LogP contribution is -2.30. The lowest BCUT2D eigenvalue weighted by molar-refractivity contribution is -0.144. The predicted octanol–water partition coefficient (Wildman–Crippen LogP) is 1.83. The van der Waals surface area contributed by atoms with E-state index in [-0.39, 0.29) is 24.8 Å². The molecule has 0 amide bonds. The molecule has 0 spiro atoms. The van der Waals surface area contributed by atoms with Gasteiger partial charge in [-0.1, -0.05) is 12.1 Å². The molecular formula is C13H14O4. The van der Waals surface area contributed by atoms with E-state index >= 15 is 0 Å². The molecule has 0 fully saturated rings. The number of carbonyl (C=O) groups excluding carboxylic acids is 2. The second-order valence-corrected chi connectivity index (χ2v) is 3.88. The normalized spacial score (nSPS) is 18.2. The predicted molar refractivity (Wildman–Crippen MR) is 61.0 cm³/mol. The van der Waals surface area contributed by atoms with E-state index in [9.17, 15) is 9.59 Å². The Morgan fingerprint density at radius 3 is 3.00 bits per heavy atom. The first kappa shape index (κ1) is 11.6. The van der Waals surface area contributed by atoms with Crippen molar-refractivity contribution in [3.05, 3.63) is 29.8 Å². The number of carbonyl (C=O) groups is 2. The largest absolute Gasteiger partial charge is 0.492 e. The number of hydrogen-bond acceptors (Lipinski definition) is 4. The topological polar surface area (TPSA) is 52.6 Å². The van der Waals surface area contributed by atoms with Crippen molar-refractivity contribution in [3.63, 3.8) is 0 Å². The molecule has 1 aromatic carbocycles. The molecule has 2 rings (SSSR count). The Morgan fingerprint density at radius 1 is 1.47 bits per heavy atom. The summed E-state index contributed by atoms with van der Waals surface area (Å²) in [5.74, 6) is -0.227. The van der Waals surface area contributed by atoms with E-state index in [1.807, 2.05) is 6.07 Å². The molecule has 4 nitrogen and oxygen atoms in total. The highest BCUT2D eigenvalue weighted by Gasteiger charge is 2.30. The van der Waals surface area contributed by atoms with Gasteiger partial charge in [-0.3, -0.25) is 9.59 Å². The molecule has 4 heteroatoms. The van der Waals surface area contributed by atoms with Crippen LogP contribution in [0.1, 0.15) is 23.7 Å². The first-order valence-electron chi connectivity index (χ1n) is 5.64. The lowest BCUT2D eigenvalue weighted by Gasteiger charge is -2.23. The Bertz CT molecular complexity index is 439. The van der Waals surface area contributed by atoms with Gasteiger partial charge in [0.25, 0.3) is 0 Å². The summed E-state index contributed by atoms with van der Waals surface area (Å²) >= 11 is 0. The fourth-order valence-corrected chi connectivity index (χ4v) is 1.85. The average molecular weight is 234 g/mol. The summed E-state index contributed by atoms with van der Waals surface area (Å²) in [5, 5.41) is 0. The van der Waals surface area contributed by atoms with Crippen LogP contribution < -0.4 is 4.74 Å². The standard InChI is InChI=1S/C13H14O4/c1-2-16-12(14)7-9-8-17-11-6-4-3-5-10(11)13(9)15/h3-6,9H,2,7-8H2,1H3/t9-/m1/s1. The number of ether oxygens (including phenoxy) is 2. The molecule has 0 saturated heterocycles. The van der Waals surface area contributed by atoms with Crippen molar-refractivity contribution in [1.29, 1.82) is 0 Å². The number of rotatable bonds is 3. The molecular weight excluding hydrogens is 220 g/mol. The zero-order valence-electron chi connectivity index (χ0n) is 9.64. The van der Waals surface area contributed by atoms with Crippen molar-refractivity contribution in [3.8, 4) is 5.75 Å². The van der Waals surface area contributed by atoms with Crippen LogP contribution in [0.15, 0.2) is 24.3 Å². The molecule has 90 valence electrons. The Hall–Kier alpha value is -1.84. The van der Waals surface area contributed by atoms with E-state index in [0.717, 1.165) is 0 Å². The van der Waals surface area contributed by atoms with Crippen molar-refractivity contribution in [1.82, 2.24) is 0 Å². The van der Waals surface area contributed by atoms with Crippen LogP contribution in [0.4, 0.5) is 0 Å². The van der Waals surface area contributed by atoms with Crippen LogP contribution in [0, 0.1) is 5.92 Å². The average Bonchev–Trinajstić information content (AvgIpc) is 2.33. The fourth-order valence-electron chi connectivity index (χ4n) is 1.85. The maximum absolute atomic E-state index is 12.1. The van der Waals surface area contributed by atoms with Gasteiger partial charge in [0.05, 0.1) is 31.1 Å². The van der Waals surface area contributed by atoms with Gasteiger partial charge in [-0.2, -0.15) is 0 Å². The Kier molecular flexibility index (Phi) is 3.42. The van der Waals surface area contributed by atoms with Crippen molar-refractivity contribution < 1.29 is 19.1 Å². The van der Waals surface area contributed by atoms with Crippen LogP contribution in [0.3, 0.4) is 0 Å². The number of benzene rings is 1. The highest BCUT2D eigenvalue weighted by atomic mass is 16.5. The van der Waals surface area contributed by atoms with Gasteiger partial charge in [0, 0.05) is 0 Å². The lowest BCUT2D eigenvalue weighted by atomic mass is 9.92. The first-order chi connectivity index (χ1) is 8.22. The number of hydrogen-bond donors (Lipinski definition) is 0. The van der Waals surface area contributed by atoms with E-state index in [1.54, 1.807) is 25.1 Å². The number of ketones is 1. The smallest absolute Gasteiger partial charge is 0.306 e. The van der Waals surface area contributed by atoms with E-state index in [0.29, 0.717) is 17.9 Å². The zero-order chi connectivity index (χ0) is 12.3. The number of Topliss-reactive ketones (excluding diaryl/α,β-unsaturated/α-hetero) is 1. The fraction of sp³-hybridized carbons (Fsp3) is 0.385. The molecule has 0 unspecified atom stereocenters. The molecule has 1 aliphatic heterocycles. The van der Waals surface area contributed by atoms with Gasteiger partial charge in [-0.15, -0.1) is 0 Å². The minimum Gasteiger partial charge on any atom is -0.492 e. The number of esters is 1. The summed E-state index contributed by atoms with van der Waals surface area (Å²) in [4.78, 5) is 23.4. The molecule has 0 radical (unpaired) electrons. The molecule has 0 saturated carbocycles. The van der Waals surface area contributed by atoms with Gasteiger partial charge in [0.1, 0.15) is 5.75 Å². The van der Waals surface area contributed by atoms with Gasteiger partial charge < -0.3 is 9.47 Å². The van der Waals surface area contributed by atoms with Crippen LogP contribution in [-0.4, -0.2) is 25.0 Å². The molecule has 1 atom stereocenters. The summed E-state index contributed by atoms with van der Waals surface area (Å²) < 4.78 is 10.3. The van der Waals surface area contributed by atoms with Crippen molar-refractivity contribution in [2.45, 2.75) is 13.3 Å². The monoisotopic (exact) mass is 234 g/mol. The Balaban J connectivity index is 2.10. The van der Waals surface area contributed by atoms with Gasteiger partial charge in [0.2, 0.25) is 0 Å². The maximum atomic E-state index is 12.1. The first-order valence-corrected chi connectivity index (χ1v) is 5.64. The second kappa shape index (κ2) is 4.99. The van der Waals surface area contributed by atoms with Crippen LogP contribution >= 0.6 is 0 Å². The molecule has 1 heterocycles. The Morgan fingerprint density at radius 2 is 2.24 bits per heavy atom. The van der Waals surface area contributed by atoms with Gasteiger partial charge >= 0.3 is 5.97 Å². The Labute approximate surface area is 99.5 Å². The van der Waals surface area contributed by atoms with Crippen molar-refractivity contribution in [2.24, 2.45) is 5.92 Å². The molecule has 1 aliphatic rings. The maximum Gasteiger partial charge on any atom is 0.306 e. The number of fused-ring (bicyclic) bond motifs is 1. The number of para-hydroxylation sites is 1. The quantitative estimate of drug-likeness (QED) is 0.749. The third-order valence-electron chi connectivity index (χ3n) is 2.68. The molecule has 17 heavy (non-hydrogen) atoms. The molecule has 0 aromatic heterocycles. The highest BCUT2D eigenvalue weighted by molar-refractivity contribution is 6.02. The summed E-state index contributed by atoms with van der Waals surface area (Å²) in [6.45, 7) is 2.32. The van der Waals surface area contributed by atoms with Crippen molar-refractivity contribution in [2.75, 3.05) is 13.2 Å². The second-order valence-electron chi connectivity index (χ2n) is 3.88. The minimum atomic E-state index is -0.427. The van der Waals surface area contributed by atoms with Crippen LogP contribution in [0.25, 0.3) is 0 Å². The van der Waals surface area contributed by atoms with Crippen LogP contribution in [-0.2, 0) is 9.53 Å². The van der Waals surface area contributed by atoms with E-state index < -0.39 is 5.92 Å². The van der Waals surface area contributed by atoms with Crippen molar-refractivity contribution >= 4 is 11.8 Å². The zero-order valence-corrected chi connectivity index (χ0v) is 9.64. The molecule has 0 aliphatic carbocycles. The SMILES string of the molecule is CCOC(=O)C[C@@H]1COc2ccccc2C1=O. The molecule has 0 bridgehead atoms. The molecule has 0 N–H and O–H groups in total. The van der Waals surface area contributed by atoms with Gasteiger partial charge in [0.15, 0.2) is 5.78 Å². The summed E-state index contributed by atoms with van der Waals surface area (Å²) in [7, 11) is 0. The van der Waals surface area contributed by atoms with Gasteiger partial charge in [-0.25, -0.2) is 0 Å². The minimum absolute atomic E-state index is 0.0418. The summed E-state index contributed by atoms with van der Waals surface area (Å²) in [6, 6.07) is 7.08.